The molecule has 0 aromatic heterocycles. The van der Waals surface area contributed by atoms with Gasteiger partial charge in [-0.3, -0.25) is 4.57 Å². The number of unbranched alkanes of at least 4 members (excludes halogenated alkanes) is 14. The number of quaternary nitrogens is 1. The zero-order valence-corrected chi connectivity index (χ0v) is 23.8. The summed E-state index contributed by atoms with van der Waals surface area (Å²) in [4.78, 5) is 19.2. The topological polar surface area (TPSA) is 77.8 Å². The van der Waals surface area contributed by atoms with Crippen LogP contribution in [0.3, 0.4) is 0 Å². The molecule has 1 unspecified atom stereocenters. The van der Waals surface area contributed by atoms with Crippen molar-refractivity contribution in [2.45, 2.75) is 128 Å². The van der Waals surface area contributed by atoms with Gasteiger partial charge in [0.25, 0.3) is 0 Å². The van der Waals surface area contributed by atoms with Crippen LogP contribution in [0.15, 0.2) is 24.3 Å². The second kappa shape index (κ2) is 19.7. The molecule has 0 aliphatic heterocycles. The zero-order chi connectivity index (χ0) is 25.8. The Morgan fingerprint density at radius 3 is 1.35 bits per heavy atom. The van der Waals surface area contributed by atoms with Crippen LogP contribution in [-0.2, 0) is 4.57 Å². The van der Waals surface area contributed by atoms with Crippen molar-refractivity contribution in [3.63, 3.8) is 0 Å². The Kier molecular flexibility index (Phi) is 19.4. The van der Waals surface area contributed by atoms with Crippen molar-refractivity contribution in [2.75, 3.05) is 27.7 Å². The summed E-state index contributed by atoms with van der Waals surface area (Å²) < 4.78 is 12.1. The van der Waals surface area contributed by atoms with Gasteiger partial charge in [-0.25, -0.2) is 0 Å². The largest absolute Gasteiger partial charge is 0.373 e. The Morgan fingerprint density at radius 2 is 1.00 bits per heavy atom. The summed E-state index contributed by atoms with van der Waals surface area (Å²) in [6.07, 6.45) is 29.9. The average Bonchev–Trinajstić information content (AvgIpc) is 2.73. The van der Waals surface area contributed by atoms with E-state index in [0.717, 1.165) is 25.7 Å². The predicted molar refractivity (Wildman–Crippen MR) is 147 cm³/mol. The molecular formula is C28H57NO4P+. The number of hydrogen-bond acceptors (Lipinski definition) is 2. The molecule has 0 fully saturated rings. The highest BCUT2D eigenvalue weighted by molar-refractivity contribution is 7.53. The third kappa shape index (κ3) is 19.8. The van der Waals surface area contributed by atoms with Crippen molar-refractivity contribution >= 4 is 7.60 Å². The van der Waals surface area contributed by atoms with Gasteiger partial charge in [0.1, 0.15) is 6.54 Å². The molecule has 0 aliphatic carbocycles. The maximum atomic E-state index is 11.8. The first-order valence-electron chi connectivity index (χ1n) is 13.9. The molecule has 202 valence electrons. The summed E-state index contributed by atoms with van der Waals surface area (Å²) >= 11 is 0. The van der Waals surface area contributed by atoms with Crippen LogP contribution in [-0.4, -0.2) is 52.4 Å². The summed E-state index contributed by atoms with van der Waals surface area (Å²) in [7, 11) is 0.970. The molecule has 0 saturated carbocycles. The standard InChI is InChI=1S/C28H56NO4P/c1-5-6-7-8-9-10-11-12-13-14-15-16-17-18-19-20-21-22-23-24-25-26-28(30,34(31,32)33)27-29(2,3)4/h6-7,16-17,30H,5,8-15,18-27H2,1-4H3,(H-,31,32,33)/p+1/b7-6-,17-16-. The van der Waals surface area contributed by atoms with E-state index in [1.54, 1.807) is 0 Å². The Balaban J connectivity index is 3.57. The number of hydrogen-bond donors (Lipinski definition) is 3. The van der Waals surface area contributed by atoms with Crippen LogP contribution in [0.25, 0.3) is 0 Å². The van der Waals surface area contributed by atoms with E-state index in [0.29, 0.717) is 10.9 Å². The molecule has 1 atom stereocenters. The minimum atomic E-state index is -4.55. The highest BCUT2D eigenvalue weighted by Gasteiger charge is 2.48. The quantitative estimate of drug-likeness (QED) is 0.0578. The van der Waals surface area contributed by atoms with Crippen molar-refractivity contribution in [3.8, 4) is 0 Å². The fourth-order valence-corrected chi connectivity index (χ4v) is 5.44. The van der Waals surface area contributed by atoms with Crippen LogP contribution >= 0.6 is 7.60 Å². The molecule has 0 bridgehead atoms. The molecule has 0 aromatic carbocycles. The summed E-state index contributed by atoms with van der Waals surface area (Å²) in [6.45, 7) is 2.25. The molecule has 0 spiro atoms. The van der Waals surface area contributed by atoms with E-state index < -0.39 is 12.9 Å². The number of aliphatic hydroxyl groups is 1. The molecular weight excluding hydrogens is 445 g/mol. The van der Waals surface area contributed by atoms with Crippen molar-refractivity contribution in [2.24, 2.45) is 0 Å². The van der Waals surface area contributed by atoms with E-state index in [4.69, 9.17) is 0 Å². The first kappa shape index (κ1) is 33.5. The van der Waals surface area contributed by atoms with Gasteiger partial charge >= 0.3 is 7.60 Å². The number of nitrogens with zero attached hydrogens (tertiary/aromatic N) is 1. The van der Waals surface area contributed by atoms with E-state index in [-0.39, 0.29) is 13.0 Å². The van der Waals surface area contributed by atoms with Crippen LogP contribution in [0.1, 0.15) is 122 Å². The molecule has 0 radical (unpaired) electrons. The van der Waals surface area contributed by atoms with Gasteiger partial charge < -0.3 is 19.4 Å². The average molecular weight is 503 g/mol. The molecule has 0 rings (SSSR count). The van der Waals surface area contributed by atoms with Crippen molar-refractivity contribution in [1.29, 1.82) is 0 Å². The molecule has 0 amide bonds. The van der Waals surface area contributed by atoms with Gasteiger partial charge in [0, 0.05) is 0 Å². The lowest BCUT2D eigenvalue weighted by molar-refractivity contribution is -0.875. The Hall–Kier alpha value is -0.450. The molecule has 0 aliphatic rings. The highest BCUT2D eigenvalue weighted by Crippen LogP contribution is 2.52. The molecule has 34 heavy (non-hydrogen) atoms. The monoisotopic (exact) mass is 502 g/mol. The lowest BCUT2D eigenvalue weighted by Crippen LogP contribution is -2.49. The Labute approximate surface area is 211 Å². The third-order valence-corrected chi connectivity index (χ3v) is 7.73. The minimum Gasteiger partial charge on any atom is -0.373 e. The van der Waals surface area contributed by atoms with Crippen LogP contribution in [0.5, 0.6) is 0 Å². The molecule has 6 heteroatoms. The molecule has 5 nitrogen and oxygen atoms in total. The van der Waals surface area contributed by atoms with Crippen LogP contribution < -0.4 is 0 Å². The zero-order valence-electron chi connectivity index (χ0n) is 22.9. The second-order valence-electron chi connectivity index (χ2n) is 11.0. The van der Waals surface area contributed by atoms with Crippen molar-refractivity contribution in [1.82, 2.24) is 0 Å². The van der Waals surface area contributed by atoms with Crippen LogP contribution in [0, 0.1) is 0 Å². The van der Waals surface area contributed by atoms with Gasteiger partial charge in [-0.15, -0.1) is 0 Å². The van der Waals surface area contributed by atoms with E-state index in [1.807, 2.05) is 21.1 Å². The van der Waals surface area contributed by atoms with Crippen LogP contribution in [0.2, 0.25) is 0 Å². The number of allylic oxidation sites excluding steroid dienone is 4. The smallest absolute Gasteiger partial charge is 0.362 e. The minimum absolute atomic E-state index is 0.0575. The summed E-state index contributed by atoms with van der Waals surface area (Å²) in [5.74, 6) is 0. The van der Waals surface area contributed by atoms with Gasteiger partial charge in [-0.05, 0) is 57.8 Å². The predicted octanol–water partition coefficient (Wildman–Crippen LogP) is 7.71. The van der Waals surface area contributed by atoms with Crippen molar-refractivity contribution < 1.29 is 23.9 Å². The maximum Gasteiger partial charge on any atom is 0.362 e. The van der Waals surface area contributed by atoms with Gasteiger partial charge in [-0.1, -0.05) is 89.0 Å². The molecule has 0 heterocycles. The Morgan fingerprint density at radius 1 is 0.647 bits per heavy atom. The first-order valence-corrected chi connectivity index (χ1v) is 15.5. The van der Waals surface area contributed by atoms with Gasteiger partial charge in [0.2, 0.25) is 5.34 Å². The van der Waals surface area contributed by atoms with Crippen LogP contribution in [0.4, 0.5) is 0 Å². The SMILES string of the molecule is CC/C=C\CCCCCCCC/C=C\CCCCCCCCCC(O)(C[N+](C)(C)C)P(=O)(O)O. The number of likely N-dealkylation sites (N-methyl/N-ethyl adjacent to an activating group) is 1. The summed E-state index contributed by atoms with van der Waals surface area (Å²) in [5, 5.41) is 8.64. The normalized spacial score (nSPS) is 14.9. The summed E-state index contributed by atoms with van der Waals surface area (Å²) in [5.41, 5.74) is 0. The van der Waals surface area contributed by atoms with E-state index in [2.05, 4.69) is 31.2 Å². The fraction of sp³-hybridized carbons (Fsp3) is 0.857. The first-order chi connectivity index (χ1) is 16.0. The lowest BCUT2D eigenvalue weighted by atomic mass is 10.0. The Bertz CT molecular complexity index is 579. The van der Waals surface area contributed by atoms with Gasteiger partial charge in [-0.2, -0.15) is 0 Å². The fourth-order valence-electron chi connectivity index (χ4n) is 4.38. The van der Waals surface area contributed by atoms with E-state index >= 15 is 0 Å². The van der Waals surface area contributed by atoms with E-state index in [9.17, 15) is 19.5 Å². The lowest BCUT2D eigenvalue weighted by Gasteiger charge is -2.35. The van der Waals surface area contributed by atoms with E-state index in [1.165, 1.54) is 77.0 Å². The highest BCUT2D eigenvalue weighted by atomic mass is 31.2. The van der Waals surface area contributed by atoms with Crippen molar-refractivity contribution in [3.05, 3.63) is 24.3 Å². The molecule has 3 N–H and O–H groups in total. The second-order valence-corrected chi connectivity index (χ2v) is 13.0. The summed E-state index contributed by atoms with van der Waals surface area (Å²) in [6, 6.07) is 0. The molecule has 0 saturated heterocycles. The number of rotatable bonds is 23. The molecule has 0 aromatic rings. The third-order valence-electron chi connectivity index (χ3n) is 6.28. The van der Waals surface area contributed by atoms with Gasteiger partial charge in [0.15, 0.2) is 0 Å². The van der Waals surface area contributed by atoms with Gasteiger partial charge in [0.05, 0.1) is 21.1 Å². The maximum absolute atomic E-state index is 11.8.